The molecular weight excluding hydrogens is 397 g/mol. The van der Waals surface area contributed by atoms with Crippen LogP contribution < -0.4 is 10.6 Å². The number of fused-ring (bicyclic) bond motifs is 1. The number of nitrogens with one attached hydrogen (secondary N) is 2. The largest absolute Gasteiger partial charge is 0.350 e. The maximum atomic E-state index is 13.3. The van der Waals surface area contributed by atoms with E-state index in [-0.39, 0.29) is 23.7 Å². The normalized spacial score (nSPS) is 15.7. The van der Waals surface area contributed by atoms with E-state index in [1.165, 1.54) is 18.2 Å². The van der Waals surface area contributed by atoms with Gasteiger partial charge in [-0.3, -0.25) is 9.59 Å². The van der Waals surface area contributed by atoms with Gasteiger partial charge in [0.2, 0.25) is 11.9 Å². The number of benzene rings is 2. The summed E-state index contributed by atoms with van der Waals surface area (Å²) in [5.41, 5.74) is 2.68. The van der Waals surface area contributed by atoms with Gasteiger partial charge in [0, 0.05) is 42.0 Å². The summed E-state index contributed by atoms with van der Waals surface area (Å²) in [6.07, 6.45) is 3.55. The number of rotatable bonds is 5. The summed E-state index contributed by atoms with van der Waals surface area (Å²) >= 11 is 0. The lowest BCUT2D eigenvalue weighted by molar-refractivity contribution is -0.111. The second-order valence-electron chi connectivity index (χ2n) is 7.50. The van der Waals surface area contributed by atoms with Gasteiger partial charge in [-0.05, 0) is 61.4 Å². The molecule has 4 rings (SSSR count). The van der Waals surface area contributed by atoms with E-state index in [1.54, 1.807) is 35.4 Å². The third kappa shape index (κ3) is 4.53. The molecule has 0 bridgehead atoms. The van der Waals surface area contributed by atoms with Crippen molar-refractivity contribution in [3.8, 4) is 0 Å². The summed E-state index contributed by atoms with van der Waals surface area (Å²) in [7, 11) is 0. The fourth-order valence-corrected chi connectivity index (χ4v) is 3.62. The monoisotopic (exact) mass is 419 g/mol. The Bertz CT molecular complexity index is 1180. The van der Waals surface area contributed by atoms with Gasteiger partial charge in [-0.1, -0.05) is 6.58 Å². The number of hydrogen-bond acceptors (Lipinski definition) is 5. The molecule has 0 unspecified atom stereocenters. The summed E-state index contributed by atoms with van der Waals surface area (Å²) < 4.78 is 13.3. The number of amides is 2. The molecule has 0 spiro atoms. The van der Waals surface area contributed by atoms with Gasteiger partial charge in [-0.25, -0.2) is 14.4 Å². The predicted molar refractivity (Wildman–Crippen MR) is 117 cm³/mol. The van der Waals surface area contributed by atoms with Crippen LogP contribution in [0.2, 0.25) is 0 Å². The van der Waals surface area contributed by atoms with Crippen LogP contribution in [0.5, 0.6) is 0 Å². The van der Waals surface area contributed by atoms with E-state index in [0.717, 1.165) is 12.0 Å². The van der Waals surface area contributed by atoms with Crippen LogP contribution in [0.1, 0.15) is 22.3 Å². The van der Waals surface area contributed by atoms with E-state index < -0.39 is 0 Å². The molecule has 2 aromatic carbocycles. The first-order chi connectivity index (χ1) is 14.9. The number of nitrogens with zero attached hydrogens (tertiary/aromatic N) is 3. The summed E-state index contributed by atoms with van der Waals surface area (Å²) in [5.74, 6) is -0.231. The lowest BCUT2D eigenvalue weighted by Gasteiger charge is -2.18. The van der Waals surface area contributed by atoms with E-state index >= 15 is 0 Å². The Morgan fingerprint density at radius 2 is 2.10 bits per heavy atom. The Morgan fingerprint density at radius 3 is 2.87 bits per heavy atom. The van der Waals surface area contributed by atoms with Gasteiger partial charge in [0.05, 0.1) is 5.52 Å². The highest BCUT2D eigenvalue weighted by Crippen LogP contribution is 2.21. The van der Waals surface area contributed by atoms with Gasteiger partial charge in [0.1, 0.15) is 5.82 Å². The molecule has 1 aliphatic heterocycles. The van der Waals surface area contributed by atoms with Crippen LogP contribution in [0.4, 0.5) is 16.0 Å². The van der Waals surface area contributed by atoms with E-state index in [9.17, 15) is 14.0 Å². The van der Waals surface area contributed by atoms with Crippen molar-refractivity contribution in [3.05, 3.63) is 72.2 Å². The standard InChI is InChI=1S/C23H22FN5O2/c1-3-21(30)27-19-6-4-15(10-14(19)2)22(31)29-9-8-18(13-29)26-23-25-12-16-11-17(24)5-7-20(16)28-23/h3-7,10-12,18H,1,8-9,13H2,2H3,(H,27,30)(H,25,26,28)/t18-/m0/s1. The van der Waals surface area contributed by atoms with Crippen LogP contribution in [0, 0.1) is 12.7 Å². The zero-order valence-electron chi connectivity index (χ0n) is 17.1. The first kappa shape index (κ1) is 20.5. The minimum atomic E-state index is -0.326. The second-order valence-corrected chi connectivity index (χ2v) is 7.50. The van der Waals surface area contributed by atoms with Crippen molar-refractivity contribution in [2.75, 3.05) is 23.7 Å². The highest BCUT2D eigenvalue weighted by Gasteiger charge is 2.27. The number of anilines is 2. The topological polar surface area (TPSA) is 87.2 Å². The van der Waals surface area contributed by atoms with E-state index in [2.05, 4.69) is 27.2 Å². The number of hydrogen-bond donors (Lipinski definition) is 2. The van der Waals surface area contributed by atoms with Gasteiger partial charge in [0.15, 0.2) is 0 Å². The Balaban J connectivity index is 1.41. The third-order valence-corrected chi connectivity index (χ3v) is 5.27. The van der Waals surface area contributed by atoms with Gasteiger partial charge >= 0.3 is 0 Å². The van der Waals surface area contributed by atoms with Crippen LogP contribution >= 0.6 is 0 Å². The second kappa shape index (κ2) is 8.51. The molecule has 0 aliphatic carbocycles. The van der Waals surface area contributed by atoms with Gasteiger partial charge in [-0.15, -0.1) is 0 Å². The number of aryl methyl sites for hydroxylation is 1. The molecule has 7 nitrogen and oxygen atoms in total. The Labute approximate surface area is 179 Å². The van der Waals surface area contributed by atoms with Crippen LogP contribution in [0.15, 0.2) is 55.3 Å². The van der Waals surface area contributed by atoms with Crippen molar-refractivity contribution in [2.24, 2.45) is 0 Å². The van der Waals surface area contributed by atoms with Crippen molar-refractivity contribution >= 4 is 34.4 Å². The van der Waals surface area contributed by atoms with Gasteiger partial charge in [-0.2, -0.15) is 0 Å². The number of carbonyl (C=O) groups excluding carboxylic acids is 2. The molecule has 31 heavy (non-hydrogen) atoms. The molecule has 158 valence electrons. The summed E-state index contributed by atoms with van der Waals surface area (Å²) in [6.45, 7) is 6.42. The number of aromatic nitrogens is 2. The van der Waals surface area contributed by atoms with Crippen LogP contribution in [-0.4, -0.2) is 45.8 Å². The minimum absolute atomic E-state index is 0.0223. The molecule has 0 saturated carbocycles. The van der Waals surface area contributed by atoms with Crippen LogP contribution in [0.25, 0.3) is 10.9 Å². The number of likely N-dealkylation sites (tertiary alicyclic amines) is 1. The summed E-state index contributed by atoms with van der Waals surface area (Å²) in [6, 6.07) is 9.60. The SMILES string of the molecule is C=CC(=O)Nc1ccc(C(=O)N2CC[C@H](Nc3ncc4cc(F)ccc4n3)C2)cc1C. The predicted octanol–water partition coefficient (Wildman–Crippen LogP) is 3.53. The van der Waals surface area contributed by atoms with E-state index in [4.69, 9.17) is 0 Å². The smallest absolute Gasteiger partial charge is 0.253 e. The first-order valence-electron chi connectivity index (χ1n) is 9.95. The van der Waals surface area contributed by atoms with Crippen molar-refractivity contribution < 1.29 is 14.0 Å². The maximum Gasteiger partial charge on any atom is 0.253 e. The maximum absolute atomic E-state index is 13.3. The molecule has 1 aromatic heterocycles. The highest BCUT2D eigenvalue weighted by molar-refractivity contribution is 6.00. The Hall–Kier alpha value is -3.81. The lowest BCUT2D eigenvalue weighted by atomic mass is 10.1. The molecule has 8 heteroatoms. The summed E-state index contributed by atoms with van der Waals surface area (Å²) in [4.78, 5) is 34.9. The molecule has 1 saturated heterocycles. The van der Waals surface area contributed by atoms with E-state index in [1.807, 2.05) is 6.92 Å². The highest BCUT2D eigenvalue weighted by atomic mass is 19.1. The lowest BCUT2D eigenvalue weighted by Crippen LogP contribution is -2.32. The first-order valence-corrected chi connectivity index (χ1v) is 9.95. The average molecular weight is 419 g/mol. The number of halogens is 1. The molecule has 2 heterocycles. The van der Waals surface area contributed by atoms with Crippen molar-refractivity contribution in [3.63, 3.8) is 0 Å². The van der Waals surface area contributed by atoms with Gasteiger partial charge < -0.3 is 15.5 Å². The van der Waals surface area contributed by atoms with Gasteiger partial charge in [0.25, 0.3) is 5.91 Å². The van der Waals surface area contributed by atoms with Crippen LogP contribution in [0.3, 0.4) is 0 Å². The Kier molecular flexibility index (Phi) is 5.62. The van der Waals surface area contributed by atoms with Crippen molar-refractivity contribution in [2.45, 2.75) is 19.4 Å². The molecule has 3 aromatic rings. The molecule has 1 atom stereocenters. The molecule has 2 N–H and O–H groups in total. The number of carbonyl (C=O) groups is 2. The molecule has 0 radical (unpaired) electrons. The third-order valence-electron chi connectivity index (χ3n) is 5.27. The van der Waals surface area contributed by atoms with E-state index in [0.29, 0.717) is 41.2 Å². The Morgan fingerprint density at radius 1 is 1.26 bits per heavy atom. The molecule has 1 fully saturated rings. The summed E-state index contributed by atoms with van der Waals surface area (Å²) in [5, 5.41) is 6.62. The zero-order chi connectivity index (χ0) is 22.0. The zero-order valence-corrected chi connectivity index (χ0v) is 17.1. The van der Waals surface area contributed by atoms with Crippen molar-refractivity contribution in [1.29, 1.82) is 0 Å². The fraction of sp³-hybridized carbons (Fsp3) is 0.217. The molecule has 1 aliphatic rings. The molecular formula is C23H22FN5O2. The molecule has 2 amide bonds. The minimum Gasteiger partial charge on any atom is -0.350 e. The quantitative estimate of drug-likeness (QED) is 0.618. The average Bonchev–Trinajstić information content (AvgIpc) is 3.23. The van der Waals surface area contributed by atoms with Crippen molar-refractivity contribution in [1.82, 2.24) is 14.9 Å². The fourth-order valence-electron chi connectivity index (χ4n) is 3.62. The van der Waals surface area contributed by atoms with Crippen LogP contribution in [-0.2, 0) is 4.79 Å².